The van der Waals surface area contributed by atoms with Crippen molar-refractivity contribution in [2.45, 2.75) is 13.1 Å². The van der Waals surface area contributed by atoms with Gasteiger partial charge in [-0.2, -0.15) is 17.5 Å². The van der Waals surface area contributed by atoms with E-state index >= 15 is 0 Å². The molecule has 0 unspecified atom stereocenters. The molecule has 0 aromatic heterocycles. The topological polar surface area (TPSA) is 0 Å². The molecule has 5 aromatic rings. The van der Waals surface area contributed by atoms with Gasteiger partial charge in [-0.15, -0.1) is 64.2 Å². The molecule has 0 atom stereocenters. The molecule has 0 bridgehead atoms. The molecular formula is C26H24Cl2SiZr-2. The summed E-state index contributed by atoms with van der Waals surface area (Å²) in [5, 5.41) is 5.29. The Morgan fingerprint density at radius 3 is 1.80 bits per heavy atom. The quantitative estimate of drug-likeness (QED) is 0.230. The SMILES string of the molecule is C[Si](C)=[Zr+2].[Cl-].[Cl-].c1ccc(-c2cc3ccccc3[cH-]2)cc1.c1ccc2[cH-]ccc2c1. The Balaban J connectivity index is 0.000000259. The van der Waals surface area contributed by atoms with Crippen molar-refractivity contribution in [2.24, 2.45) is 0 Å². The van der Waals surface area contributed by atoms with Crippen LogP contribution in [0.2, 0.25) is 13.1 Å². The molecule has 0 radical (unpaired) electrons. The fraction of sp³-hybridized carbons (Fsp3) is 0.0769. The first-order valence-electron chi connectivity index (χ1n) is 9.46. The Bertz CT molecular complexity index is 1090. The van der Waals surface area contributed by atoms with Crippen LogP contribution in [0.3, 0.4) is 0 Å². The van der Waals surface area contributed by atoms with Crippen molar-refractivity contribution in [1.29, 1.82) is 0 Å². The number of rotatable bonds is 1. The third-order valence-corrected chi connectivity index (χ3v) is 4.27. The van der Waals surface area contributed by atoms with Gasteiger partial charge in [-0.1, -0.05) is 60.2 Å². The number of benzene rings is 3. The molecule has 30 heavy (non-hydrogen) atoms. The van der Waals surface area contributed by atoms with Gasteiger partial charge in [0.15, 0.2) is 0 Å². The molecule has 0 saturated heterocycles. The normalized spacial score (nSPS) is 9.33. The molecule has 4 heteroatoms. The first kappa shape index (κ1) is 26.6. The van der Waals surface area contributed by atoms with E-state index in [0.717, 1.165) is 0 Å². The summed E-state index contributed by atoms with van der Waals surface area (Å²) in [5.74, 6) is 0. The summed E-state index contributed by atoms with van der Waals surface area (Å²) in [4.78, 5) is 0. The van der Waals surface area contributed by atoms with Crippen molar-refractivity contribution < 1.29 is 48.1 Å². The second kappa shape index (κ2) is 13.8. The monoisotopic (exact) mass is 524 g/mol. The van der Waals surface area contributed by atoms with Gasteiger partial charge in [0, 0.05) is 0 Å². The molecule has 0 aliphatic rings. The van der Waals surface area contributed by atoms with Crippen molar-refractivity contribution >= 4 is 27.0 Å². The number of fused-ring (bicyclic) bond motifs is 2. The predicted molar refractivity (Wildman–Crippen MR) is 122 cm³/mol. The standard InChI is InChI=1S/C15H11.C9H7.C2H6Si.2ClH.Zr/c1-2-6-12(7-3-1)15-10-13-8-4-5-9-14(13)11-15;1-2-5-9-7-3-6-8(9)4-1;1-3-2;;;/h1-11H;1-7H;1-2H3;2*1H;/q2*-1;;;;+2/p-2. The molecule has 0 heterocycles. The fourth-order valence-electron chi connectivity index (χ4n) is 3.02. The average molecular weight is 527 g/mol. The van der Waals surface area contributed by atoms with Crippen molar-refractivity contribution in [3.8, 4) is 11.1 Å². The van der Waals surface area contributed by atoms with E-state index in [1.807, 2.05) is 6.07 Å². The van der Waals surface area contributed by atoms with Gasteiger partial charge in [0.1, 0.15) is 0 Å². The van der Waals surface area contributed by atoms with E-state index in [1.54, 1.807) is 23.3 Å². The summed E-state index contributed by atoms with van der Waals surface area (Å²) in [6.45, 7) is 4.62. The van der Waals surface area contributed by atoms with Crippen LogP contribution in [0.4, 0.5) is 0 Å². The van der Waals surface area contributed by atoms with Gasteiger partial charge in [-0.05, 0) is 0 Å². The third kappa shape index (κ3) is 8.00. The Hall–Kier alpha value is -1.44. The first-order valence-corrected chi connectivity index (χ1v) is 15.7. The number of hydrogen-bond acceptors (Lipinski definition) is 0. The largest absolute Gasteiger partial charge is 1.00 e. The molecule has 152 valence electrons. The second-order valence-electron chi connectivity index (χ2n) is 6.89. The van der Waals surface area contributed by atoms with Crippen LogP contribution in [0.15, 0.2) is 109 Å². The molecule has 0 aliphatic heterocycles. The van der Waals surface area contributed by atoms with Crippen LogP contribution < -0.4 is 24.8 Å². The van der Waals surface area contributed by atoms with Crippen LogP contribution in [0.25, 0.3) is 32.7 Å². The van der Waals surface area contributed by atoms with Crippen LogP contribution in [0, 0.1) is 0 Å². The van der Waals surface area contributed by atoms with Crippen LogP contribution >= 0.6 is 0 Å². The molecular weight excluding hydrogens is 503 g/mol. The fourth-order valence-corrected chi connectivity index (χ4v) is 3.02. The molecule has 0 fully saturated rings. The zero-order valence-electron chi connectivity index (χ0n) is 17.1. The zero-order chi connectivity index (χ0) is 19.8. The van der Waals surface area contributed by atoms with Gasteiger partial charge in [0.25, 0.3) is 0 Å². The van der Waals surface area contributed by atoms with E-state index in [2.05, 4.69) is 116 Å². The van der Waals surface area contributed by atoms with Crippen molar-refractivity contribution in [1.82, 2.24) is 0 Å². The zero-order valence-corrected chi connectivity index (χ0v) is 22.1. The van der Waals surface area contributed by atoms with E-state index in [4.69, 9.17) is 0 Å². The summed E-state index contributed by atoms with van der Waals surface area (Å²) < 4.78 is 0. The molecule has 0 spiro atoms. The number of halogens is 2. The van der Waals surface area contributed by atoms with Gasteiger partial charge in [0.2, 0.25) is 0 Å². The molecule has 0 N–H and O–H groups in total. The molecule has 0 amide bonds. The van der Waals surface area contributed by atoms with Crippen LogP contribution in [-0.4, -0.2) is 5.43 Å². The third-order valence-electron chi connectivity index (χ3n) is 4.27. The summed E-state index contributed by atoms with van der Waals surface area (Å²) in [7, 11) is 0. The van der Waals surface area contributed by atoms with Crippen LogP contribution in [-0.2, 0) is 23.3 Å². The van der Waals surface area contributed by atoms with E-state index in [9.17, 15) is 0 Å². The molecule has 0 nitrogen and oxygen atoms in total. The minimum atomic E-state index is 0. The summed E-state index contributed by atoms with van der Waals surface area (Å²) in [5.41, 5.74) is 2.80. The van der Waals surface area contributed by atoms with Crippen LogP contribution in [0.5, 0.6) is 0 Å². The maximum Gasteiger partial charge on any atom is -0.0635 e. The summed E-state index contributed by atoms with van der Waals surface area (Å²) in [6, 6.07) is 38.1. The Morgan fingerprint density at radius 1 is 0.667 bits per heavy atom. The van der Waals surface area contributed by atoms with Crippen molar-refractivity contribution in [2.75, 3.05) is 0 Å². The minimum absolute atomic E-state index is 0. The van der Waals surface area contributed by atoms with Gasteiger partial charge < -0.3 is 24.8 Å². The van der Waals surface area contributed by atoms with Crippen molar-refractivity contribution in [3.63, 3.8) is 0 Å². The molecule has 0 aliphatic carbocycles. The van der Waals surface area contributed by atoms with Gasteiger partial charge >= 0.3 is 41.9 Å². The van der Waals surface area contributed by atoms with E-state index in [-0.39, 0.29) is 30.2 Å². The van der Waals surface area contributed by atoms with E-state index in [1.165, 1.54) is 32.7 Å². The van der Waals surface area contributed by atoms with Gasteiger partial charge in [-0.3, -0.25) is 0 Å². The number of hydrogen-bond donors (Lipinski definition) is 0. The van der Waals surface area contributed by atoms with E-state index in [0.29, 0.717) is 0 Å². The Labute approximate surface area is 207 Å². The molecule has 5 aromatic carbocycles. The van der Waals surface area contributed by atoms with E-state index < -0.39 is 0 Å². The second-order valence-corrected chi connectivity index (χ2v) is 16.3. The summed E-state index contributed by atoms with van der Waals surface area (Å²) in [6.07, 6.45) is 0. The predicted octanol–water partition coefficient (Wildman–Crippen LogP) is 1.58. The van der Waals surface area contributed by atoms with Crippen molar-refractivity contribution in [3.05, 3.63) is 109 Å². The average Bonchev–Trinajstić information content (AvgIpc) is 3.35. The van der Waals surface area contributed by atoms with Gasteiger partial charge in [0.05, 0.1) is 0 Å². The van der Waals surface area contributed by atoms with Crippen LogP contribution in [0.1, 0.15) is 0 Å². The smallest absolute Gasteiger partial charge is 0.0635 e. The van der Waals surface area contributed by atoms with Gasteiger partial charge in [-0.25, -0.2) is 0 Å². The molecule has 0 saturated carbocycles. The molecule has 5 rings (SSSR count). The first-order chi connectivity index (χ1) is 13.6. The summed E-state index contributed by atoms with van der Waals surface area (Å²) >= 11 is 1.74. The minimum Gasteiger partial charge on any atom is -1.00 e. The maximum absolute atomic E-state index is 2.31. The Morgan fingerprint density at radius 2 is 1.20 bits per heavy atom. The Kier molecular flexibility index (Phi) is 12.2. The maximum atomic E-state index is 2.31.